The van der Waals surface area contributed by atoms with Gasteiger partial charge in [0.15, 0.2) is 0 Å². The molecule has 0 aromatic carbocycles. The van der Waals surface area contributed by atoms with Crippen LogP contribution in [-0.2, 0) is 16.0 Å². The number of pyridine rings is 1. The van der Waals surface area contributed by atoms with Gasteiger partial charge < -0.3 is 4.74 Å². The number of methoxy groups -OCH3 is 1. The number of carbonyl (C=O) groups is 1. The van der Waals surface area contributed by atoms with Crippen LogP contribution in [0, 0.1) is 0 Å². The molecule has 1 aromatic heterocycles. The first-order chi connectivity index (χ1) is 7.04. The Morgan fingerprint density at radius 1 is 1.67 bits per heavy atom. The zero-order valence-corrected chi connectivity index (χ0v) is 9.42. The van der Waals surface area contributed by atoms with Crippen LogP contribution < -0.4 is 0 Å². The topological polar surface area (TPSA) is 39.2 Å². The fraction of sp³-hybridized carbons (Fsp3) is 0.333. The third kappa shape index (κ3) is 3.23. The zero-order chi connectivity index (χ0) is 11.4. The summed E-state index contributed by atoms with van der Waals surface area (Å²) < 4.78 is 29.5. The molecule has 0 aliphatic carbocycles. The van der Waals surface area contributed by atoms with Crippen LogP contribution in [-0.4, -0.2) is 18.1 Å². The van der Waals surface area contributed by atoms with Gasteiger partial charge in [0.2, 0.25) is 0 Å². The molecule has 82 valence electrons. The Morgan fingerprint density at radius 2 is 2.33 bits per heavy atom. The molecular formula is C9H8BrF2NO2. The van der Waals surface area contributed by atoms with Crippen molar-refractivity contribution in [2.45, 2.75) is 12.8 Å². The summed E-state index contributed by atoms with van der Waals surface area (Å²) >= 11 is 3.07. The minimum absolute atomic E-state index is 0.0787. The summed E-state index contributed by atoms with van der Waals surface area (Å²) in [7, 11) is 1.24. The van der Waals surface area contributed by atoms with Gasteiger partial charge in [0.25, 0.3) is 6.43 Å². The van der Waals surface area contributed by atoms with Crippen LogP contribution in [0.1, 0.15) is 17.6 Å². The molecule has 6 heteroatoms. The Morgan fingerprint density at radius 3 is 2.87 bits per heavy atom. The van der Waals surface area contributed by atoms with E-state index in [0.29, 0.717) is 10.2 Å². The van der Waals surface area contributed by atoms with E-state index < -0.39 is 12.4 Å². The Labute approximate surface area is 93.6 Å². The number of carbonyl (C=O) groups excluding carboxylic acids is 1. The second-order valence-corrected chi connectivity index (χ2v) is 3.52. The molecule has 0 amide bonds. The lowest BCUT2D eigenvalue weighted by Gasteiger charge is -2.05. The summed E-state index contributed by atoms with van der Waals surface area (Å²) in [4.78, 5) is 14.7. The monoisotopic (exact) mass is 279 g/mol. The van der Waals surface area contributed by atoms with Crippen LogP contribution in [0.5, 0.6) is 0 Å². The number of hydrogen-bond acceptors (Lipinski definition) is 3. The number of esters is 1. The van der Waals surface area contributed by atoms with Gasteiger partial charge in [0, 0.05) is 11.8 Å². The SMILES string of the molecule is COC(=O)Cc1cc(C(F)F)cnc1Br. The largest absolute Gasteiger partial charge is 0.469 e. The molecule has 0 unspecified atom stereocenters. The third-order valence-electron chi connectivity index (χ3n) is 1.75. The van der Waals surface area contributed by atoms with E-state index in [1.807, 2.05) is 0 Å². The van der Waals surface area contributed by atoms with Gasteiger partial charge in [-0.3, -0.25) is 4.79 Å². The van der Waals surface area contributed by atoms with Gasteiger partial charge in [-0.1, -0.05) is 0 Å². The van der Waals surface area contributed by atoms with E-state index in [2.05, 4.69) is 25.7 Å². The molecule has 0 aliphatic heterocycles. The van der Waals surface area contributed by atoms with Crippen molar-refractivity contribution >= 4 is 21.9 Å². The predicted octanol–water partition coefficient (Wildman–Crippen LogP) is 2.50. The number of aromatic nitrogens is 1. The van der Waals surface area contributed by atoms with Crippen molar-refractivity contribution in [1.82, 2.24) is 4.98 Å². The summed E-state index contributed by atoms with van der Waals surface area (Å²) in [5.74, 6) is -0.496. The second-order valence-electron chi connectivity index (χ2n) is 2.77. The van der Waals surface area contributed by atoms with Gasteiger partial charge in [-0.25, -0.2) is 13.8 Å². The fourth-order valence-corrected chi connectivity index (χ4v) is 1.34. The van der Waals surface area contributed by atoms with Crippen molar-refractivity contribution in [2.75, 3.05) is 7.11 Å². The Hall–Kier alpha value is -1.04. The van der Waals surface area contributed by atoms with Gasteiger partial charge >= 0.3 is 5.97 Å². The highest BCUT2D eigenvalue weighted by Crippen LogP contribution is 2.23. The number of ether oxygens (including phenoxy) is 1. The zero-order valence-electron chi connectivity index (χ0n) is 7.84. The van der Waals surface area contributed by atoms with Crippen LogP contribution in [0.15, 0.2) is 16.9 Å². The molecule has 0 aliphatic rings. The van der Waals surface area contributed by atoms with Crippen LogP contribution in [0.2, 0.25) is 0 Å². The van der Waals surface area contributed by atoms with E-state index in [-0.39, 0.29) is 12.0 Å². The Bertz CT molecular complexity index is 371. The maximum atomic E-state index is 12.3. The Kier molecular flexibility index (Phi) is 4.14. The molecule has 0 N–H and O–H groups in total. The van der Waals surface area contributed by atoms with Crippen molar-refractivity contribution in [3.63, 3.8) is 0 Å². The minimum Gasteiger partial charge on any atom is -0.469 e. The van der Waals surface area contributed by atoms with Gasteiger partial charge in [-0.15, -0.1) is 0 Å². The van der Waals surface area contributed by atoms with E-state index >= 15 is 0 Å². The molecule has 0 spiro atoms. The third-order valence-corrected chi connectivity index (χ3v) is 2.46. The summed E-state index contributed by atoms with van der Waals surface area (Å²) in [6.07, 6.45) is -1.61. The fourth-order valence-electron chi connectivity index (χ4n) is 0.983. The molecule has 15 heavy (non-hydrogen) atoms. The van der Waals surface area contributed by atoms with Gasteiger partial charge in [-0.2, -0.15) is 0 Å². The van der Waals surface area contributed by atoms with Gasteiger partial charge in [-0.05, 0) is 27.6 Å². The number of nitrogens with zero attached hydrogens (tertiary/aromatic N) is 1. The summed E-state index contributed by atoms with van der Waals surface area (Å²) in [6, 6.07) is 1.23. The normalized spacial score (nSPS) is 10.5. The second kappa shape index (κ2) is 5.16. The number of hydrogen-bond donors (Lipinski definition) is 0. The molecule has 0 bridgehead atoms. The summed E-state index contributed by atoms with van der Waals surface area (Å²) in [5, 5.41) is 0. The van der Waals surface area contributed by atoms with Crippen molar-refractivity contribution in [3.8, 4) is 0 Å². The number of halogens is 3. The van der Waals surface area contributed by atoms with Crippen LogP contribution in [0.25, 0.3) is 0 Å². The first-order valence-electron chi connectivity index (χ1n) is 4.04. The van der Waals surface area contributed by atoms with E-state index in [9.17, 15) is 13.6 Å². The highest BCUT2D eigenvalue weighted by Gasteiger charge is 2.13. The van der Waals surface area contributed by atoms with E-state index in [1.165, 1.54) is 13.2 Å². The van der Waals surface area contributed by atoms with E-state index in [1.54, 1.807) is 0 Å². The van der Waals surface area contributed by atoms with E-state index in [0.717, 1.165) is 6.20 Å². The van der Waals surface area contributed by atoms with Crippen LogP contribution in [0.3, 0.4) is 0 Å². The van der Waals surface area contributed by atoms with Crippen molar-refractivity contribution in [1.29, 1.82) is 0 Å². The number of alkyl halides is 2. The smallest absolute Gasteiger partial charge is 0.310 e. The van der Waals surface area contributed by atoms with Gasteiger partial charge in [0.1, 0.15) is 4.60 Å². The molecule has 3 nitrogen and oxygen atoms in total. The lowest BCUT2D eigenvalue weighted by molar-refractivity contribution is -0.139. The van der Waals surface area contributed by atoms with Gasteiger partial charge in [0.05, 0.1) is 13.5 Å². The molecule has 0 saturated heterocycles. The molecule has 1 aromatic rings. The molecule has 0 atom stereocenters. The molecule has 0 fully saturated rings. The minimum atomic E-state index is -2.60. The standard InChI is InChI=1S/C9H8BrF2NO2/c1-15-7(14)3-5-2-6(9(11)12)4-13-8(5)10/h2,4,9H,3H2,1H3. The molecular weight excluding hydrogens is 272 g/mol. The maximum absolute atomic E-state index is 12.3. The van der Waals surface area contributed by atoms with Crippen molar-refractivity contribution in [2.24, 2.45) is 0 Å². The Balaban J connectivity index is 2.95. The van der Waals surface area contributed by atoms with Crippen molar-refractivity contribution in [3.05, 3.63) is 28.0 Å². The molecule has 0 saturated carbocycles. The quantitative estimate of drug-likeness (QED) is 0.630. The average molecular weight is 280 g/mol. The molecule has 0 radical (unpaired) electrons. The summed E-state index contributed by atoms with van der Waals surface area (Å²) in [6.45, 7) is 0. The first-order valence-corrected chi connectivity index (χ1v) is 4.83. The maximum Gasteiger partial charge on any atom is 0.310 e. The number of rotatable bonds is 3. The van der Waals surface area contributed by atoms with Crippen LogP contribution in [0.4, 0.5) is 8.78 Å². The average Bonchev–Trinajstić information content (AvgIpc) is 2.20. The van der Waals surface area contributed by atoms with Crippen molar-refractivity contribution < 1.29 is 18.3 Å². The lowest BCUT2D eigenvalue weighted by Crippen LogP contribution is -2.06. The van der Waals surface area contributed by atoms with E-state index in [4.69, 9.17) is 0 Å². The molecule has 1 heterocycles. The summed E-state index contributed by atoms with van der Waals surface area (Å²) in [5.41, 5.74) is 0.178. The van der Waals surface area contributed by atoms with Crippen LogP contribution >= 0.6 is 15.9 Å². The molecule has 1 rings (SSSR count). The highest BCUT2D eigenvalue weighted by atomic mass is 79.9. The lowest BCUT2D eigenvalue weighted by atomic mass is 10.1. The highest BCUT2D eigenvalue weighted by molar-refractivity contribution is 9.10. The predicted molar refractivity (Wildman–Crippen MR) is 52.6 cm³/mol. The first kappa shape index (κ1) is 12.0.